The summed E-state index contributed by atoms with van der Waals surface area (Å²) in [4.78, 5) is 3.89. The maximum absolute atomic E-state index is 10.5. The first-order valence-corrected chi connectivity index (χ1v) is 4.95. The molecule has 1 aromatic rings. The van der Waals surface area contributed by atoms with Crippen molar-refractivity contribution in [3.63, 3.8) is 0 Å². The Bertz CT molecular complexity index is 305. The third kappa shape index (κ3) is 1.54. The molecule has 1 N–H and O–H groups in total. The molecule has 64 valence electrons. The lowest BCUT2D eigenvalue weighted by atomic mass is 10.2. The Labute approximate surface area is 73.1 Å². The molecule has 3 nitrogen and oxygen atoms in total. The van der Waals surface area contributed by atoms with E-state index in [2.05, 4.69) is 4.98 Å². The van der Waals surface area contributed by atoms with Crippen LogP contribution in [0.4, 0.5) is 0 Å². The molecule has 0 spiro atoms. The SMILES string of the molecule is O=S(O)c1ccc(C2CC2)cn1. The first-order valence-electron chi connectivity index (χ1n) is 3.84. The minimum Gasteiger partial charge on any atom is -0.301 e. The van der Waals surface area contributed by atoms with Crippen LogP contribution in [0.2, 0.25) is 0 Å². The monoisotopic (exact) mass is 183 g/mol. The molecule has 0 bridgehead atoms. The minimum absolute atomic E-state index is 0.236. The Kier molecular flexibility index (Phi) is 1.94. The van der Waals surface area contributed by atoms with Gasteiger partial charge in [-0.25, -0.2) is 9.19 Å². The maximum atomic E-state index is 10.5. The number of nitrogens with zero attached hydrogens (tertiary/aromatic N) is 1. The summed E-state index contributed by atoms with van der Waals surface area (Å²) in [7, 11) is 0. The van der Waals surface area contributed by atoms with E-state index in [1.807, 2.05) is 6.07 Å². The third-order valence-electron chi connectivity index (χ3n) is 1.99. The lowest BCUT2D eigenvalue weighted by molar-refractivity contribution is 0.560. The summed E-state index contributed by atoms with van der Waals surface area (Å²) in [5.74, 6) is 0.652. The highest BCUT2D eigenvalue weighted by atomic mass is 32.2. The highest BCUT2D eigenvalue weighted by molar-refractivity contribution is 7.79. The van der Waals surface area contributed by atoms with Crippen LogP contribution in [-0.2, 0) is 11.1 Å². The summed E-state index contributed by atoms with van der Waals surface area (Å²) in [6.07, 6.45) is 4.15. The van der Waals surface area contributed by atoms with E-state index in [0.29, 0.717) is 5.92 Å². The molecule has 1 aromatic heterocycles. The van der Waals surface area contributed by atoms with Crippen molar-refractivity contribution in [1.29, 1.82) is 0 Å². The van der Waals surface area contributed by atoms with E-state index in [4.69, 9.17) is 4.55 Å². The molecule has 0 aromatic carbocycles. The predicted molar refractivity (Wildman–Crippen MR) is 45.2 cm³/mol. The summed E-state index contributed by atoms with van der Waals surface area (Å²) in [5, 5.41) is 0.236. The fourth-order valence-corrected chi connectivity index (χ4v) is 1.48. The molecule has 1 fully saturated rings. The number of pyridine rings is 1. The molecule has 2 rings (SSSR count). The standard InChI is InChI=1S/C8H9NO2S/c10-12(11)8-4-3-7(5-9-8)6-1-2-6/h3-6H,1-2H2,(H,10,11). The smallest absolute Gasteiger partial charge is 0.205 e. The van der Waals surface area contributed by atoms with Gasteiger partial charge in [-0.15, -0.1) is 0 Å². The van der Waals surface area contributed by atoms with Crippen LogP contribution < -0.4 is 0 Å². The van der Waals surface area contributed by atoms with Crippen molar-refractivity contribution in [3.8, 4) is 0 Å². The maximum Gasteiger partial charge on any atom is 0.205 e. The molecule has 1 saturated carbocycles. The van der Waals surface area contributed by atoms with E-state index in [0.717, 1.165) is 0 Å². The molecule has 1 aliphatic carbocycles. The van der Waals surface area contributed by atoms with Crippen molar-refractivity contribution in [2.75, 3.05) is 0 Å². The van der Waals surface area contributed by atoms with E-state index in [-0.39, 0.29) is 5.03 Å². The number of hydrogen-bond acceptors (Lipinski definition) is 2. The van der Waals surface area contributed by atoms with Gasteiger partial charge in [0.25, 0.3) is 0 Å². The van der Waals surface area contributed by atoms with Crippen LogP contribution in [-0.4, -0.2) is 13.7 Å². The minimum atomic E-state index is -1.94. The van der Waals surface area contributed by atoms with Gasteiger partial charge in [0, 0.05) is 6.20 Å². The van der Waals surface area contributed by atoms with Gasteiger partial charge in [0.15, 0.2) is 5.03 Å². The second kappa shape index (κ2) is 2.95. The van der Waals surface area contributed by atoms with Gasteiger partial charge in [0.05, 0.1) is 0 Å². The van der Waals surface area contributed by atoms with Crippen molar-refractivity contribution in [2.45, 2.75) is 23.8 Å². The van der Waals surface area contributed by atoms with Gasteiger partial charge in [-0.1, -0.05) is 6.07 Å². The summed E-state index contributed by atoms with van der Waals surface area (Å²) >= 11 is -1.94. The Balaban J connectivity index is 2.24. The van der Waals surface area contributed by atoms with Crippen LogP contribution in [0.25, 0.3) is 0 Å². The molecule has 1 unspecified atom stereocenters. The quantitative estimate of drug-likeness (QED) is 0.707. The van der Waals surface area contributed by atoms with E-state index >= 15 is 0 Å². The van der Waals surface area contributed by atoms with Crippen molar-refractivity contribution < 1.29 is 8.76 Å². The summed E-state index contributed by atoms with van der Waals surface area (Å²) < 4.78 is 19.2. The molecule has 1 aliphatic rings. The number of rotatable bonds is 2. The zero-order valence-corrected chi connectivity index (χ0v) is 7.25. The van der Waals surface area contributed by atoms with E-state index < -0.39 is 11.1 Å². The van der Waals surface area contributed by atoms with E-state index in [1.54, 1.807) is 12.3 Å². The van der Waals surface area contributed by atoms with Gasteiger partial charge >= 0.3 is 0 Å². The molecule has 1 heterocycles. The Morgan fingerprint density at radius 1 is 1.50 bits per heavy atom. The van der Waals surface area contributed by atoms with Gasteiger partial charge in [-0.05, 0) is 30.4 Å². The van der Waals surface area contributed by atoms with Gasteiger partial charge in [-0.2, -0.15) is 0 Å². The summed E-state index contributed by atoms with van der Waals surface area (Å²) in [5.41, 5.74) is 1.18. The molecule has 0 radical (unpaired) electrons. The van der Waals surface area contributed by atoms with Crippen LogP contribution in [0.1, 0.15) is 24.3 Å². The topological polar surface area (TPSA) is 50.2 Å². The summed E-state index contributed by atoms with van der Waals surface area (Å²) in [6, 6.07) is 3.50. The van der Waals surface area contributed by atoms with Gasteiger partial charge in [-0.3, -0.25) is 0 Å². The first kappa shape index (κ1) is 7.89. The van der Waals surface area contributed by atoms with E-state index in [1.165, 1.54) is 18.4 Å². The highest BCUT2D eigenvalue weighted by Crippen LogP contribution is 2.39. The van der Waals surface area contributed by atoms with Crippen LogP contribution in [0.3, 0.4) is 0 Å². The van der Waals surface area contributed by atoms with Crippen LogP contribution in [0.5, 0.6) is 0 Å². The number of hydrogen-bond donors (Lipinski definition) is 1. The lowest BCUT2D eigenvalue weighted by Gasteiger charge is -1.97. The zero-order chi connectivity index (χ0) is 8.55. The molecule has 0 aliphatic heterocycles. The van der Waals surface area contributed by atoms with Gasteiger partial charge < -0.3 is 4.55 Å². The fraction of sp³-hybridized carbons (Fsp3) is 0.375. The number of aromatic nitrogens is 1. The molecular formula is C8H9NO2S. The molecule has 4 heteroatoms. The lowest BCUT2D eigenvalue weighted by Crippen LogP contribution is -1.93. The zero-order valence-electron chi connectivity index (χ0n) is 6.43. The molecule has 0 saturated heterocycles. The van der Waals surface area contributed by atoms with Crippen molar-refractivity contribution in [2.24, 2.45) is 0 Å². The molecular weight excluding hydrogens is 174 g/mol. The van der Waals surface area contributed by atoms with Crippen LogP contribution in [0.15, 0.2) is 23.4 Å². The van der Waals surface area contributed by atoms with Gasteiger partial charge in [0.2, 0.25) is 11.1 Å². The average Bonchev–Trinajstić information content (AvgIpc) is 2.87. The van der Waals surface area contributed by atoms with E-state index in [9.17, 15) is 4.21 Å². The second-order valence-electron chi connectivity index (χ2n) is 2.95. The van der Waals surface area contributed by atoms with Crippen molar-refractivity contribution >= 4 is 11.1 Å². The Morgan fingerprint density at radius 3 is 2.67 bits per heavy atom. The molecule has 0 amide bonds. The summed E-state index contributed by atoms with van der Waals surface area (Å²) in [6.45, 7) is 0. The van der Waals surface area contributed by atoms with Crippen LogP contribution >= 0.6 is 0 Å². The second-order valence-corrected chi connectivity index (χ2v) is 3.87. The van der Waals surface area contributed by atoms with Crippen LogP contribution in [0, 0.1) is 0 Å². The Hall–Kier alpha value is -0.740. The van der Waals surface area contributed by atoms with Crippen molar-refractivity contribution in [3.05, 3.63) is 23.9 Å². The van der Waals surface area contributed by atoms with Gasteiger partial charge in [0.1, 0.15) is 0 Å². The Morgan fingerprint density at radius 2 is 2.25 bits per heavy atom. The molecule has 12 heavy (non-hydrogen) atoms. The average molecular weight is 183 g/mol. The molecule has 1 atom stereocenters. The predicted octanol–water partition coefficient (Wildman–Crippen LogP) is 1.54. The fourth-order valence-electron chi connectivity index (χ4n) is 1.15. The largest absolute Gasteiger partial charge is 0.301 e. The third-order valence-corrected chi connectivity index (χ3v) is 2.59. The first-order chi connectivity index (χ1) is 5.77. The van der Waals surface area contributed by atoms with Crippen molar-refractivity contribution in [1.82, 2.24) is 4.98 Å². The highest BCUT2D eigenvalue weighted by Gasteiger charge is 2.23. The normalized spacial score (nSPS) is 19.1.